The highest BCUT2D eigenvalue weighted by Gasteiger charge is 2.22. The van der Waals surface area contributed by atoms with Crippen LogP contribution in [0.4, 0.5) is 0 Å². The predicted molar refractivity (Wildman–Crippen MR) is 225 cm³/mol. The van der Waals surface area contributed by atoms with Crippen LogP contribution in [0, 0.1) is 0 Å². The summed E-state index contributed by atoms with van der Waals surface area (Å²) < 4.78 is 26.4. The highest BCUT2D eigenvalue weighted by Crippen LogP contribution is 2.36. The first kappa shape index (κ1) is 52.3. The molecule has 2 N–H and O–H groups in total. The second kappa shape index (κ2) is 40.9. The van der Waals surface area contributed by atoms with Gasteiger partial charge in [-0.1, -0.05) is 172 Å². The highest BCUT2D eigenvalue weighted by molar-refractivity contribution is 7.46. The summed E-state index contributed by atoms with van der Waals surface area (Å²) in [4.78, 5) is 42.9. The van der Waals surface area contributed by atoms with E-state index in [0.29, 0.717) is 6.42 Å². The van der Waals surface area contributed by atoms with Crippen molar-refractivity contribution in [1.29, 1.82) is 0 Å². The van der Waals surface area contributed by atoms with E-state index in [0.717, 1.165) is 64.2 Å². The maximum Gasteiger partial charge on any atom is 0.469 e. The Hall–Kier alpha value is -1.73. The third-order valence-electron chi connectivity index (χ3n) is 9.63. The lowest BCUT2D eigenvalue weighted by atomic mass is 10.1. The van der Waals surface area contributed by atoms with Crippen molar-refractivity contribution in [2.75, 3.05) is 13.2 Å². The van der Waals surface area contributed by atoms with Crippen LogP contribution in [0.5, 0.6) is 0 Å². The van der Waals surface area contributed by atoms with Crippen LogP contribution >= 0.6 is 7.82 Å². The molecular weight excluding hydrogens is 699 g/mol. The molecule has 0 aromatic carbocycles. The van der Waals surface area contributed by atoms with Crippen LogP contribution < -0.4 is 0 Å². The monoisotopic (exact) mass is 783 g/mol. The smallest absolute Gasteiger partial charge is 0.462 e. The summed E-state index contributed by atoms with van der Waals surface area (Å²) in [6, 6.07) is 0. The summed E-state index contributed by atoms with van der Waals surface area (Å²) in [6.45, 7) is 3.67. The van der Waals surface area contributed by atoms with Gasteiger partial charge in [0, 0.05) is 12.8 Å². The fourth-order valence-electron chi connectivity index (χ4n) is 6.28. The predicted octanol–water partition coefficient (Wildman–Crippen LogP) is 13.7. The van der Waals surface area contributed by atoms with Gasteiger partial charge in [-0.3, -0.25) is 14.1 Å². The van der Waals surface area contributed by atoms with Gasteiger partial charge in [0.2, 0.25) is 0 Å². The molecule has 1 atom stereocenters. The lowest BCUT2D eigenvalue weighted by molar-refractivity contribution is -0.161. The van der Waals surface area contributed by atoms with E-state index in [9.17, 15) is 14.2 Å². The van der Waals surface area contributed by atoms with Crippen molar-refractivity contribution in [2.45, 2.75) is 225 Å². The zero-order valence-corrected chi connectivity index (χ0v) is 35.8. The van der Waals surface area contributed by atoms with Crippen LogP contribution in [0.3, 0.4) is 0 Å². The molecule has 0 saturated heterocycles. The van der Waals surface area contributed by atoms with E-state index in [1.54, 1.807) is 0 Å². The molecule has 9 heteroatoms. The minimum Gasteiger partial charge on any atom is -0.462 e. The van der Waals surface area contributed by atoms with E-state index in [-0.39, 0.29) is 19.4 Å². The number of phosphoric acid groups is 1. The standard InChI is InChI=1S/C45H83O8P/c1-3-5-7-9-11-13-15-17-19-21-22-24-25-27-29-31-33-35-37-39-44(46)51-41-43(42-52-54(48,49)50)53-45(47)40-38-36-34-32-30-28-26-23-20-18-16-14-12-10-8-6-4-2/h11,13,17-20,43H,3-10,12,14-16,21-42H2,1-2H3,(H2,48,49,50)/b13-11+,19-17+,20-18+/t43-/m1/s1. The number of unbranched alkanes of at least 4 members (excludes halogenated alkanes) is 25. The molecule has 0 bridgehead atoms. The number of phosphoric ester groups is 1. The first-order chi connectivity index (χ1) is 26.3. The Morgan fingerprint density at radius 3 is 1.28 bits per heavy atom. The number of allylic oxidation sites excluding steroid dienone is 6. The summed E-state index contributed by atoms with van der Waals surface area (Å²) >= 11 is 0. The van der Waals surface area contributed by atoms with Gasteiger partial charge in [0.1, 0.15) is 6.61 Å². The molecule has 0 radical (unpaired) electrons. The molecule has 0 aliphatic heterocycles. The van der Waals surface area contributed by atoms with E-state index < -0.39 is 32.5 Å². The summed E-state index contributed by atoms with van der Waals surface area (Å²) in [5, 5.41) is 0. The first-order valence-electron chi connectivity index (χ1n) is 22.3. The van der Waals surface area contributed by atoms with Crippen molar-refractivity contribution in [1.82, 2.24) is 0 Å². The van der Waals surface area contributed by atoms with Crippen molar-refractivity contribution in [3.05, 3.63) is 36.5 Å². The van der Waals surface area contributed by atoms with Crippen LogP contribution in [-0.4, -0.2) is 41.0 Å². The molecule has 0 aliphatic rings. The lowest BCUT2D eigenvalue weighted by Crippen LogP contribution is -2.29. The maximum absolute atomic E-state index is 12.4. The Balaban J connectivity index is 3.89. The average molecular weight is 783 g/mol. The van der Waals surface area contributed by atoms with Crippen LogP contribution in [0.15, 0.2) is 36.5 Å². The van der Waals surface area contributed by atoms with Gasteiger partial charge in [-0.05, 0) is 70.6 Å². The lowest BCUT2D eigenvalue weighted by Gasteiger charge is -2.18. The average Bonchev–Trinajstić information content (AvgIpc) is 3.14. The molecule has 0 rings (SSSR count). The van der Waals surface area contributed by atoms with E-state index in [1.807, 2.05) is 0 Å². The summed E-state index contributed by atoms with van der Waals surface area (Å²) in [7, 11) is -4.76. The largest absolute Gasteiger partial charge is 0.469 e. The van der Waals surface area contributed by atoms with Gasteiger partial charge in [0.05, 0.1) is 6.61 Å². The molecular formula is C45H83O8P. The van der Waals surface area contributed by atoms with E-state index in [1.165, 1.54) is 122 Å². The quantitative estimate of drug-likeness (QED) is 0.0272. The van der Waals surface area contributed by atoms with Gasteiger partial charge in [0.15, 0.2) is 6.10 Å². The molecule has 54 heavy (non-hydrogen) atoms. The second-order valence-corrected chi connectivity index (χ2v) is 16.3. The Morgan fingerprint density at radius 2 is 0.833 bits per heavy atom. The number of ether oxygens (including phenoxy) is 2. The minimum atomic E-state index is -4.76. The Bertz CT molecular complexity index is 973. The van der Waals surface area contributed by atoms with Crippen molar-refractivity contribution >= 4 is 19.8 Å². The molecule has 0 spiro atoms. The van der Waals surface area contributed by atoms with Crippen molar-refractivity contribution in [3.63, 3.8) is 0 Å². The molecule has 0 amide bonds. The minimum absolute atomic E-state index is 0.207. The second-order valence-electron chi connectivity index (χ2n) is 15.0. The zero-order valence-electron chi connectivity index (χ0n) is 34.9. The molecule has 0 saturated carbocycles. The van der Waals surface area contributed by atoms with Gasteiger partial charge in [-0.25, -0.2) is 4.57 Å². The molecule has 0 aromatic rings. The van der Waals surface area contributed by atoms with Crippen molar-refractivity contribution in [3.8, 4) is 0 Å². The van der Waals surface area contributed by atoms with Crippen LogP contribution in [0.2, 0.25) is 0 Å². The molecule has 0 heterocycles. The molecule has 8 nitrogen and oxygen atoms in total. The van der Waals surface area contributed by atoms with E-state index in [2.05, 4.69) is 54.8 Å². The van der Waals surface area contributed by atoms with Crippen LogP contribution in [0.1, 0.15) is 219 Å². The Labute approximate surface area is 332 Å². The molecule has 0 unspecified atom stereocenters. The van der Waals surface area contributed by atoms with E-state index >= 15 is 0 Å². The SMILES string of the molecule is CCCCC/C=C/C/C=C/CCCCCCCCCCCC(=O)OC[C@H](COP(=O)(O)O)OC(=O)CCCCCCCCC/C=C/CCCCCCCC. The number of rotatable bonds is 41. The Kier molecular flexibility index (Phi) is 39.6. The van der Waals surface area contributed by atoms with Gasteiger partial charge in [0.25, 0.3) is 0 Å². The number of esters is 2. The molecule has 0 aromatic heterocycles. The summed E-state index contributed by atoms with van der Waals surface area (Å²) in [5.41, 5.74) is 0. The van der Waals surface area contributed by atoms with Crippen molar-refractivity contribution in [2.24, 2.45) is 0 Å². The van der Waals surface area contributed by atoms with Gasteiger partial charge in [-0.2, -0.15) is 0 Å². The zero-order chi connectivity index (χ0) is 39.6. The number of carbonyl (C=O) groups is 2. The van der Waals surface area contributed by atoms with Crippen LogP contribution in [0.25, 0.3) is 0 Å². The third kappa shape index (κ3) is 43.0. The van der Waals surface area contributed by atoms with Gasteiger partial charge in [-0.15, -0.1) is 0 Å². The summed E-state index contributed by atoms with van der Waals surface area (Å²) in [6.07, 6.45) is 48.6. The fourth-order valence-corrected chi connectivity index (χ4v) is 6.64. The third-order valence-corrected chi connectivity index (χ3v) is 10.1. The topological polar surface area (TPSA) is 119 Å². The fraction of sp³-hybridized carbons (Fsp3) is 0.822. The number of hydrogen-bond acceptors (Lipinski definition) is 6. The van der Waals surface area contributed by atoms with Gasteiger partial charge >= 0.3 is 19.8 Å². The summed E-state index contributed by atoms with van der Waals surface area (Å²) in [5.74, 6) is -0.889. The van der Waals surface area contributed by atoms with Crippen molar-refractivity contribution < 1.29 is 37.9 Å². The maximum atomic E-state index is 12.4. The number of carbonyl (C=O) groups excluding carboxylic acids is 2. The normalized spacial score (nSPS) is 12.7. The number of hydrogen-bond donors (Lipinski definition) is 2. The van der Waals surface area contributed by atoms with Gasteiger partial charge < -0.3 is 19.3 Å². The highest BCUT2D eigenvalue weighted by atomic mass is 31.2. The molecule has 0 aliphatic carbocycles. The Morgan fingerprint density at radius 1 is 0.481 bits per heavy atom. The first-order valence-corrected chi connectivity index (χ1v) is 23.8. The van der Waals surface area contributed by atoms with Crippen LogP contribution in [-0.2, 0) is 28.2 Å². The van der Waals surface area contributed by atoms with E-state index in [4.69, 9.17) is 19.3 Å². The molecule has 0 fully saturated rings. The molecule has 316 valence electrons.